The summed E-state index contributed by atoms with van der Waals surface area (Å²) in [6.45, 7) is 2.72. The van der Waals surface area contributed by atoms with Gasteiger partial charge in [0.25, 0.3) is 0 Å². The van der Waals surface area contributed by atoms with E-state index in [-0.39, 0.29) is 12.0 Å². The molecule has 128 valence electrons. The number of hydrogen-bond acceptors (Lipinski definition) is 4. The molecule has 0 bridgehead atoms. The number of piperidine rings is 1. The third kappa shape index (κ3) is 5.08. The number of hydrogen-bond donors (Lipinski definition) is 0. The molecule has 24 heavy (non-hydrogen) atoms. The molecule has 1 aromatic carbocycles. The first-order valence-electron chi connectivity index (χ1n) is 8.41. The zero-order chi connectivity index (χ0) is 16.6. The van der Waals surface area contributed by atoms with Crippen LogP contribution in [0, 0.1) is 0 Å². The minimum atomic E-state index is 0.225. The fourth-order valence-corrected chi connectivity index (χ4v) is 3.53. The first-order valence-corrected chi connectivity index (χ1v) is 9.29. The van der Waals surface area contributed by atoms with Crippen LogP contribution in [0.2, 0.25) is 0 Å². The molecule has 0 spiro atoms. The number of amides is 1. The van der Waals surface area contributed by atoms with Gasteiger partial charge in [-0.2, -0.15) is 0 Å². The minimum absolute atomic E-state index is 0.225. The molecule has 0 saturated carbocycles. The number of rotatable bonds is 7. The van der Waals surface area contributed by atoms with Gasteiger partial charge in [-0.1, -0.05) is 24.3 Å². The van der Waals surface area contributed by atoms with Crippen molar-refractivity contribution in [3.05, 3.63) is 52.7 Å². The number of ether oxygens (including phenoxy) is 2. The number of carbonyl (C=O) groups is 1. The fourth-order valence-electron chi connectivity index (χ4n) is 2.84. The highest BCUT2D eigenvalue weighted by atomic mass is 32.1. The van der Waals surface area contributed by atoms with E-state index in [4.69, 9.17) is 9.47 Å². The van der Waals surface area contributed by atoms with Crippen LogP contribution < -0.4 is 4.74 Å². The highest BCUT2D eigenvalue weighted by Crippen LogP contribution is 2.17. The zero-order valence-corrected chi connectivity index (χ0v) is 14.5. The summed E-state index contributed by atoms with van der Waals surface area (Å²) in [6.07, 6.45) is 2.56. The van der Waals surface area contributed by atoms with Crippen LogP contribution in [0.1, 0.15) is 17.7 Å². The highest BCUT2D eigenvalue weighted by Gasteiger charge is 2.23. The lowest BCUT2D eigenvalue weighted by Gasteiger charge is -2.32. The summed E-state index contributed by atoms with van der Waals surface area (Å²) in [7, 11) is 0. The third-order valence-electron chi connectivity index (χ3n) is 4.15. The molecule has 2 aromatic rings. The molecule has 1 amide bonds. The lowest BCUT2D eigenvalue weighted by Crippen LogP contribution is -2.41. The molecule has 2 heterocycles. The van der Waals surface area contributed by atoms with Gasteiger partial charge >= 0.3 is 0 Å². The number of para-hydroxylation sites is 1. The number of carbonyl (C=O) groups excluding carboxylic acids is 1. The largest absolute Gasteiger partial charge is 0.491 e. The van der Waals surface area contributed by atoms with Crippen molar-refractivity contribution < 1.29 is 14.3 Å². The monoisotopic (exact) mass is 345 g/mol. The topological polar surface area (TPSA) is 38.8 Å². The van der Waals surface area contributed by atoms with Crippen LogP contribution >= 0.6 is 11.3 Å². The maximum Gasteiger partial charge on any atom is 0.227 e. The summed E-state index contributed by atoms with van der Waals surface area (Å²) in [5.41, 5.74) is 0. The Morgan fingerprint density at radius 2 is 1.88 bits per heavy atom. The Hall–Kier alpha value is -1.85. The molecule has 0 radical (unpaired) electrons. The summed E-state index contributed by atoms with van der Waals surface area (Å²) in [4.78, 5) is 15.4. The summed E-state index contributed by atoms with van der Waals surface area (Å²) < 4.78 is 11.5. The Bertz CT molecular complexity index is 607. The molecule has 1 aliphatic heterocycles. The Kier molecular flexibility index (Phi) is 6.26. The van der Waals surface area contributed by atoms with Crippen molar-refractivity contribution in [2.75, 3.05) is 26.3 Å². The van der Waals surface area contributed by atoms with Gasteiger partial charge in [-0.3, -0.25) is 4.79 Å². The first-order chi connectivity index (χ1) is 11.8. The predicted octanol–water partition coefficient (Wildman–Crippen LogP) is 3.38. The Morgan fingerprint density at radius 3 is 2.58 bits per heavy atom. The van der Waals surface area contributed by atoms with Crippen LogP contribution in [-0.2, 0) is 16.0 Å². The second-order valence-corrected chi connectivity index (χ2v) is 6.90. The van der Waals surface area contributed by atoms with E-state index >= 15 is 0 Å². The van der Waals surface area contributed by atoms with Crippen molar-refractivity contribution in [1.29, 1.82) is 0 Å². The van der Waals surface area contributed by atoms with Gasteiger partial charge in [-0.25, -0.2) is 0 Å². The van der Waals surface area contributed by atoms with Crippen LogP contribution in [0.5, 0.6) is 5.75 Å². The molecular weight excluding hydrogens is 322 g/mol. The molecule has 4 nitrogen and oxygen atoms in total. The molecule has 1 fully saturated rings. The van der Waals surface area contributed by atoms with E-state index in [1.165, 1.54) is 0 Å². The van der Waals surface area contributed by atoms with Gasteiger partial charge < -0.3 is 14.4 Å². The summed E-state index contributed by atoms with van der Waals surface area (Å²) >= 11 is 1.64. The van der Waals surface area contributed by atoms with E-state index in [9.17, 15) is 4.79 Å². The zero-order valence-electron chi connectivity index (χ0n) is 13.7. The van der Waals surface area contributed by atoms with E-state index in [1.807, 2.05) is 52.7 Å². The molecule has 3 rings (SSSR count). The molecule has 0 N–H and O–H groups in total. The van der Waals surface area contributed by atoms with E-state index in [2.05, 4.69) is 0 Å². The smallest absolute Gasteiger partial charge is 0.227 e. The second kappa shape index (κ2) is 8.85. The lowest BCUT2D eigenvalue weighted by molar-refractivity contribution is -0.133. The number of thiophene rings is 1. The number of benzene rings is 1. The maximum atomic E-state index is 12.3. The van der Waals surface area contributed by atoms with Crippen LogP contribution in [0.4, 0.5) is 0 Å². The van der Waals surface area contributed by atoms with Crippen molar-refractivity contribution in [3.8, 4) is 5.75 Å². The predicted molar refractivity (Wildman–Crippen MR) is 95.5 cm³/mol. The average molecular weight is 345 g/mol. The van der Waals surface area contributed by atoms with E-state index in [1.54, 1.807) is 11.3 Å². The lowest BCUT2D eigenvalue weighted by atomic mass is 10.1. The van der Waals surface area contributed by atoms with E-state index < -0.39 is 0 Å². The fraction of sp³-hybridized carbons (Fsp3) is 0.421. The first kappa shape index (κ1) is 17.0. The van der Waals surface area contributed by atoms with Crippen molar-refractivity contribution >= 4 is 17.2 Å². The van der Waals surface area contributed by atoms with Crippen LogP contribution in [0.25, 0.3) is 0 Å². The second-order valence-electron chi connectivity index (χ2n) is 5.87. The molecule has 5 heteroatoms. The number of likely N-dealkylation sites (tertiary alicyclic amines) is 1. The standard InChI is InChI=1S/C19H23NO3S/c21-19(15-18-7-4-14-24-18)20-10-8-17(9-11-20)23-13-12-22-16-5-2-1-3-6-16/h1-7,14,17H,8-13,15H2. The minimum Gasteiger partial charge on any atom is -0.491 e. The highest BCUT2D eigenvalue weighted by molar-refractivity contribution is 7.10. The normalized spacial score (nSPS) is 15.4. The Balaban J connectivity index is 1.31. The quantitative estimate of drug-likeness (QED) is 0.722. The van der Waals surface area contributed by atoms with Crippen molar-refractivity contribution in [2.45, 2.75) is 25.4 Å². The molecule has 1 aliphatic rings. The van der Waals surface area contributed by atoms with Gasteiger partial charge in [0.15, 0.2) is 0 Å². The summed E-state index contributed by atoms with van der Waals surface area (Å²) in [5.74, 6) is 1.10. The van der Waals surface area contributed by atoms with Gasteiger partial charge in [-0.05, 0) is 36.4 Å². The maximum absolute atomic E-state index is 12.3. The van der Waals surface area contributed by atoms with Gasteiger partial charge in [0.05, 0.1) is 19.1 Å². The van der Waals surface area contributed by atoms with Crippen LogP contribution in [-0.4, -0.2) is 43.2 Å². The average Bonchev–Trinajstić information content (AvgIpc) is 3.13. The molecule has 0 atom stereocenters. The SMILES string of the molecule is O=C(Cc1cccs1)N1CCC(OCCOc2ccccc2)CC1. The van der Waals surface area contributed by atoms with Gasteiger partial charge in [0, 0.05) is 18.0 Å². The summed E-state index contributed by atoms with van der Waals surface area (Å²) in [6, 6.07) is 13.8. The summed E-state index contributed by atoms with van der Waals surface area (Å²) in [5, 5.41) is 2.01. The Morgan fingerprint density at radius 1 is 1.08 bits per heavy atom. The molecule has 0 unspecified atom stereocenters. The molecule has 0 aliphatic carbocycles. The van der Waals surface area contributed by atoms with Crippen LogP contribution in [0.15, 0.2) is 47.8 Å². The van der Waals surface area contributed by atoms with Gasteiger partial charge in [0.1, 0.15) is 12.4 Å². The van der Waals surface area contributed by atoms with Gasteiger partial charge in [-0.15, -0.1) is 11.3 Å². The third-order valence-corrected chi connectivity index (χ3v) is 5.03. The Labute approximate surface area is 147 Å². The van der Waals surface area contributed by atoms with Crippen molar-refractivity contribution in [3.63, 3.8) is 0 Å². The van der Waals surface area contributed by atoms with Crippen molar-refractivity contribution in [1.82, 2.24) is 4.90 Å². The van der Waals surface area contributed by atoms with Gasteiger partial charge in [0.2, 0.25) is 5.91 Å². The molecule has 1 saturated heterocycles. The van der Waals surface area contributed by atoms with Crippen LogP contribution in [0.3, 0.4) is 0 Å². The van der Waals surface area contributed by atoms with E-state index in [0.717, 1.165) is 36.6 Å². The number of nitrogens with zero attached hydrogens (tertiary/aromatic N) is 1. The van der Waals surface area contributed by atoms with Crippen molar-refractivity contribution in [2.24, 2.45) is 0 Å². The van der Waals surface area contributed by atoms with E-state index in [0.29, 0.717) is 19.6 Å². The molecular formula is C19H23NO3S. The molecule has 1 aromatic heterocycles.